The van der Waals surface area contributed by atoms with Crippen molar-refractivity contribution in [2.75, 3.05) is 12.8 Å². The number of carbonyl (C=O) groups is 1. The van der Waals surface area contributed by atoms with Crippen molar-refractivity contribution < 1.29 is 22.0 Å². The normalized spacial score (nSPS) is 27.2. The summed E-state index contributed by atoms with van der Waals surface area (Å²) in [6, 6.07) is 2.99. The molecule has 1 aromatic carbocycles. The summed E-state index contributed by atoms with van der Waals surface area (Å²) < 4.78 is 50.9. The molecule has 0 spiro atoms. The van der Waals surface area contributed by atoms with Crippen molar-refractivity contribution in [3.63, 3.8) is 0 Å². The number of carbonyl (C=O) groups excluding carboxylic acids is 1. The first-order valence-corrected chi connectivity index (χ1v) is 9.60. The van der Waals surface area contributed by atoms with Crippen LogP contribution >= 0.6 is 0 Å². The van der Waals surface area contributed by atoms with Crippen LogP contribution in [0.15, 0.2) is 23.1 Å². The standard InChI is InChI=1S/C16H20F2N2O3S/c1-20-12-3-4-13(20)8-11(7-12)19-16(21)9-24(22,23)15-5-2-10(17)6-14(15)18/h2,5-6,11-13H,3-4,7-9H2,1H3,(H,19,21)/t12-,13-/m1/s1. The zero-order valence-corrected chi connectivity index (χ0v) is 14.2. The van der Waals surface area contributed by atoms with Crippen LogP contribution in [0.1, 0.15) is 25.7 Å². The van der Waals surface area contributed by atoms with E-state index < -0.39 is 38.0 Å². The first-order chi connectivity index (χ1) is 11.3. The third kappa shape index (κ3) is 3.44. The lowest BCUT2D eigenvalue weighted by Gasteiger charge is -2.36. The third-order valence-electron chi connectivity index (χ3n) is 5.01. The van der Waals surface area contributed by atoms with E-state index in [2.05, 4.69) is 17.3 Å². The molecular weight excluding hydrogens is 338 g/mol. The summed E-state index contributed by atoms with van der Waals surface area (Å²) in [7, 11) is -2.07. The third-order valence-corrected chi connectivity index (χ3v) is 6.66. The molecule has 0 aliphatic carbocycles. The van der Waals surface area contributed by atoms with Crippen LogP contribution in [0.25, 0.3) is 0 Å². The smallest absolute Gasteiger partial charge is 0.235 e. The summed E-state index contributed by atoms with van der Waals surface area (Å²) in [5, 5.41) is 2.76. The van der Waals surface area contributed by atoms with Crippen molar-refractivity contribution in [1.29, 1.82) is 0 Å². The Morgan fingerprint density at radius 3 is 2.46 bits per heavy atom. The number of nitrogens with zero attached hydrogens (tertiary/aromatic N) is 1. The van der Waals surface area contributed by atoms with Gasteiger partial charge in [0.15, 0.2) is 9.84 Å². The van der Waals surface area contributed by atoms with Crippen LogP contribution in [0.3, 0.4) is 0 Å². The number of nitrogens with one attached hydrogen (secondary N) is 1. The van der Waals surface area contributed by atoms with Crippen molar-refractivity contribution in [1.82, 2.24) is 10.2 Å². The van der Waals surface area contributed by atoms with Gasteiger partial charge in [-0.2, -0.15) is 0 Å². The Bertz CT molecular complexity index is 740. The van der Waals surface area contributed by atoms with Gasteiger partial charge in [-0.1, -0.05) is 0 Å². The second kappa shape index (κ2) is 6.40. The van der Waals surface area contributed by atoms with Gasteiger partial charge in [-0.25, -0.2) is 17.2 Å². The Morgan fingerprint density at radius 1 is 1.25 bits per heavy atom. The summed E-state index contributed by atoms with van der Waals surface area (Å²) in [6.45, 7) is 0. The zero-order chi connectivity index (χ0) is 17.5. The van der Waals surface area contributed by atoms with Crippen LogP contribution < -0.4 is 5.32 Å². The predicted molar refractivity (Wildman–Crippen MR) is 84.1 cm³/mol. The lowest BCUT2D eigenvalue weighted by molar-refractivity contribution is -0.119. The maximum absolute atomic E-state index is 13.7. The highest BCUT2D eigenvalue weighted by Crippen LogP contribution is 2.34. The Balaban J connectivity index is 1.64. The zero-order valence-electron chi connectivity index (χ0n) is 13.3. The SMILES string of the molecule is CN1[C@@H]2CC[C@@H]1CC(NC(=O)CS(=O)(=O)c1ccc(F)cc1F)C2. The second-order valence-electron chi connectivity index (χ2n) is 6.62. The molecule has 2 fully saturated rings. The molecule has 0 aromatic heterocycles. The van der Waals surface area contributed by atoms with Gasteiger partial charge in [0.05, 0.1) is 0 Å². The lowest BCUT2D eigenvalue weighted by Crippen LogP contribution is -2.49. The van der Waals surface area contributed by atoms with E-state index in [1.807, 2.05) is 0 Å². The first kappa shape index (κ1) is 17.3. The van der Waals surface area contributed by atoms with E-state index in [0.717, 1.165) is 37.8 Å². The average Bonchev–Trinajstić information content (AvgIpc) is 2.69. The maximum Gasteiger partial charge on any atom is 0.235 e. The molecule has 3 rings (SSSR count). The molecule has 1 N–H and O–H groups in total. The summed E-state index contributed by atoms with van der Waals surface area (Å²) in [5.41, 5.74) is 0. The van der Waals surface area contributed by atoms with E-state index in [-0.39, 0.29) is 6.04 Å². The van der Waals surface area contributed by atoms with Crippen molar-refractivity contribution >= 4 is 15.7 Å². The molecule has 132 valence electrons. The highest BCUT2D eigenvalue weighted by molar-refractivity contribution is 7.92. The molecule has 2 aliphatic heterocycles. The Kier molecular flexibility index (Phi) is 4.61. The summed E-state index contributed by atoms with van der Waals surface area (Å²) in [5.74, 6) is -3.53. The van der Waals surface area contributed by atoms with Gasteiger partial charge < -0.3 is 10.2 Å². The monoisotopic (exact) mass is 358 g/mol. The minimum Gasteiger partial charge on any atom is -0.352 e. The predicted octanol–water partition coefficient (Wildman–Crippen LogP) is 1.48. The number of hydrogen-bond donors (Lipinski definition) is 1. The van der Waals surface area contributed by atoms with Crippen molar-refractivity contribution in [2.45, 2.75) is 48.7 Å². The van der Waals surface area contributed by atoms with Gasteiger partial charge in [-0.05, 0) is 44.9 Å². The van der Waals surface area contributed by atoms with E-state index in [1.165, 1.54) is 0 Å². The van der Waals surface area contributed by atoms with E-state index in [9.17, 15) is 22.0 Å². The quantitative estimate of drug-likeness (QED) is 0.828. The molecule has 0 unspecified atom stereocenters. The summed E-state index contributed by atoms with van der Waals surface area (Å²) in [6.07, 6.45) is 3.77. The Morgan fingerprint density at radius 2 is 1.88 bits per heavy atom. The van der Waals surface area contributed by atoms with Crippen LogP contribution in [0.5, 0.6) is 0 Å². The molecule has 1 amide bonds. The molecule has 2 atom stereocenters. The van der Waals surface area contributed by atoms with E-state index in [4.69, 9.17) is 0 Å². The van der Waals surface area contributed by atoms with Crippen molar-refractivity contribution in [3.8, 4) is 0 Å². The molecule has 2 aliphatic rings. The number of piperidine rings is 1. The van der Waals surface area contributed by atoms with Crippen molar-refractivity contribution in [2.24, 2.45) is 0 Å². The fourth-order valence-corrected chi connectivity index (χ4v) is 4.99. The molecule has 24 heavy (non-hydrogen) atoms. The van der Waals surface area contributed by atoms with Gasteiger partial charge in [0.1, 0.15) is 22.3 Å². The van der Waals surface area contributed by atoms with Crippen LogP contribution in [-0.4, -0.2) is 50.2 Å². The molecule has 0 saturated carbocycles. The summed E-state index contributed by atoms with van der Waals surface area (Å²) in [4.78, 5) is 13.8. The van der Waals surface area contributed by atoms with Gasteiger partial charge in [-0.3, -0.25) is 4.79 Å². The van der Waals surface area contributed by atoms with Gasteiger partial charge in [0.25, 0.3) is 0 Å². The van der Waals surface area contributed by atoms with Crippen LogP contribution in [0, 0.1) is 11.6 Å². The second-order valence-corrected chi connectivity index (χ2v) is 8.58. The van der Waals surface area contributed by atoms with E-state index >= 15 is 0 Å². The molecular formula is C16H20F2N2O3S. The van der Waals surface area contributed by atoms with E-state index in [1.54, 1.807) is 0 Å². The highest BCUT2D eigenvalue weighted by Gasteiger charge is 2.39. The number of benzene rings is 1. The van der Waals surface area contributed by atoms with Crippen LogP contribution in [0.4, 0.5) is 8.78 Å². The van der Waals surface area contributed by atoms with Gasteiger partial charge in [0.2, 0.25) is 5.91 Å². The van der Waals surface area contributed by atoms with Crippen molar-refractivity contribution in [3.05, 3.63) is 29.8 Å². The maximum atomic E-state index is 13.7. The molecule has 8 heteroatoms. The van der Waals surface area contributed by atoms with Crippen LogP contribution in [0.2, 0.25) is 0 Å². The molecule has 5 nitrogen and oxygen atoms in total. The van der Waals surface area contributed by atoms with E-state index in [0.29, 0.717) is 18.2 Å². The number of hydrogen-bond acceptors (Lipinski definition) is 4. The Labute approximate surface area is 139 Å². The first-order valence-electron chi connectivity index (χ1n) is 7.95. The number of amides is 1. The molecule has 1 aromatic rings. The molecule has 0 radical (unpaired) electrons. The number of halogens is 2. The fraction of sp³-hybridized carbons (Fsp3) is 0.562. The van der Waals surface area contributed by atoms with Gasteiger partial charge >= 0.3 is 0 Å². The average molecular weight is 358 g/mol. The number of fused-ring (bicyclic) bond motifs is 2. The molecule has 2 bridgehead atoms. The number of rotatable bonds is 4. The van der Waals surface area contributed by atoms with Gasteiger partial charge in [-0.15, -0.1) is 0 Å². The van der Waals surface area contributed by atoms with Gasteiger partial charge in [0, 0.05) is 24.2 Å². The Hall–Kier alpha value is -1.54. The highest BCUT2D eigenvalue weighted by atomic mass is 32.2. The minimum atomic E-state index is -4.14. The largest absolute Gasteiger partial charge is 0.352 e. The topological polar surface area (TPSA) is 66.5 Å². The minimum absolute atomic E-state index is 0.0561. The number of sulfone groups is 1. The molecule has 2 saturated heterocycles. The summed E-state index contributed by atoms with van der Waals surface area (Å²) >= 11 is 0. The molecule has 2 heterocycles. The van der Waals surface area contributed by atoms with Crippen LogP contribution in [-0.2, 0) is 14.6 Å². The lowest BCUT2D eigenvalue weighted by atomic mass is 9.98. The fourth-order valence-electron chi connectivity index (χ4n) is 3.78.